The molecule has 0 atom stereocenters. The molecule has 0 N–H and O–H groups in total. The summed E-state index contributed by atoms with van der Waals surface area (Å²) in [6.07, 6.45) is 6.62. The first-order valence-corrected chi connectivity index (χ1v) is 8.28. The highest BCUT2D eigenvalue weighted by Crippen LogP contribution is 2.18. The Labute approximate surface area is 142 Å². The summed E-state index contributed by atoms with van der Waals surface area (Å²) in [5.41, 5.74) is 4.11. The van der Waals surface area contributed by atoms with Gasteiger partial charge in [-0.1, -0.05) is 6.92 Å². The number of ketones is 1. The van der Waals surface area contributed by atoms with Gasteiger partial charge in [-0.15, -0.1) is 0 Å². The maximum atomic E-state index is 12.7. The topological polar surface area (TPSA) is 39.0 Å². The first kappa shape index (κ1) is 16.2. The second-order valence-corrected chi connectivity index (χ2v) is 6.11. The summed E-state index contributed by atoms with van der Waals surface area (Å²) in [7, 11) is 0. The third-order valence-corrected chi connectivity index (χ3v) is 4.46. The number of aromatic nitrogens is 2. The molecule has 0 saturated carbocycles. The predicted molar refractivity (Wildman–Crippen MR) is 92.1 cm³/mol. The van der Waals surface area contributed by atoms with Crippen LogP contribution in [0, 0.1) is 13.8 Å². The number of carbonyl (C=O) groups is 1. The van der Waals surface area contributed by atoms with Gasteiger partial charge in [0.1, 0.15) is 5.76 Å². The van der Waals surface area contributed by atoms with Crippen molar-refractivity contribution in [1.29, 1.82) is 0 Å². The molecule has 3 aromatic rings. The summed E-state index contributed by atoms with van der Waals surface area (Å²) in [5, 5.41) is 0. The lowest BCUT2D eigenvalue weighted by Crippen LogP contribution is -2.37. The zero-order valence-corrected chi connectivity index (χ0v) is 14.5. The van der Waals surface area contributed by atoms with Crippen molar-refractivity contribution in [2.75, 3.05) is 0 Å². The highest BCUT2D eigenvalue weighted by atomic mass is 16.3. The van der Waals surface area contributed by atoms with Crippen molar-refractivity contribution in [3.05, 3.63) is 77.3 Å². The Morgan fingerprint density at radius 2 is 1.96 bits per heavy atom. The van der Waals surface area contributed by atoms with Crippen molar-refractivity contribution in [2.45, 2.75) is 40.3 Å². The van der Waals surface area contributed by atoms with Gasteiger partial charge in [0.05, 0.1) is 12.8 Å². The molecule has 3 rings (SSSR count). The molecule has 0 spiro atoms. The van der Waals surface area contributed by atoms with E-state index in [2.05, 4.69) is 23.6 Å². The largest absolute Gasteiger partial charge is 0.467 e. The molecule has 0 radical (unpaired) electrons. The van der Waals surface area contributed by atoms with E-state index in [1.54, 1.807) is 6.26 Å². The second-order valence-electron chi connectivity index (χ2n) is 6.11. The summed E-state index contributed by atoms with van der Waals surface area (Å²) in [6, 6.07) is 9.93. The summed E-state index contributed by atoms with van der Waals surface area (Å²) in [4.78, 5) is 12.7. The van der Waals surface area contributed by atoms with Gasteiger partial charge in [-0.05, 0) is 44.0 Å². The Morgan fingerprint density at radius 3 is 2.58 bits per heavy atom. The summed E-state index contributed by atoms with van der Waals surface area (Å²) in [6.45, 7) is 7.15. The molecule has 3 aromatic heterocycles. The second kappa shape index (κ2) is 6.87. The zero-order valence-electron chi connectivity index (χ0n) is 14.5. The fourth-order valence-electron chi connectivity index (χ4n) is 2.97. The molecular weight excluding hydrogens is 300 g/mol. The van der Waals surface area contributed by atoms with Crippen LogP contribution < -0.4 is 4.57 Å². The molecule has 124 valence electrons. The van der Waals surface area contributed by atoms with Crippen LogP contribution in [-0.4, -0.2) is 10.4 Å². The Bertz CT molecular complexity index is 827. The molecule has 0 unspecified atom stereocenters. The van der Waals surface area contributed by atoms with E-state index >= 15 is 0 Å². The van der Waals surface area contributed by atoms with Crippen LogP contribution in [0.25, 0.3) is 0 Å². The van der Waals surface area contributed by atoms with E-state index < -0.39 is 0 Å². The van der Waals surface area contributed by atoms with Crippen molar-refractivity contribution in [2.24, 2.45) is 0 Å². The predicted octanol–water partition coefficient (Wildman–Crippen LogP) is 3.48. The zero-order chi connectivity index (χ0) is 17.1. The van der Waals surface area contributed by atoms with Crippen LogP contribution in [0.1, 0.15) is 40.0 Å². The van der Waals surface area contributed by atoms with Crippen LogP contribution >= 0.6 is 0 Å². The van der Waals surface area contributed by atoms with Crippen LogP contribution in [0.2, 0.25) is 0 Å². The minimum absolute atomic E-state index is 0.128. The van der Waals surface area contributed by atoms with Gasteiger partial charge in [0.15, 0.2) is 12.4 Å². The summed E-state index contributed by atoms with van der Waals surface area (Å²) >= 11 is 0. The van der Waals surface area contributed by atoms with Crippen LogP contribution in [0.4, 0.5) is 0 Å². The minimum Gasteiger partial charge on any atom is -0.467 e. The molecule has 0 aliphatic rings. The maximum absolute atomic E-state index is 12.7. The molecule has 4 heteroatoms. The van der Waals surface area contributed by atoms with Gasteiger partial charge in [0.25, 0.3) is 0 Å². The number of aryl methyl sites for hydroxylation is 2. The number of nitrogens with zero attached hydrogens (tertiary/aromatic N) is 2. The van der Waals surface area contributed by atoms with E-state index in [4.69, 9.17) is 4.42 Å². The molecule has 0 aliphatic heterocycles. The van der Waals surface area contributed by atoms with Gasteiger partial charge >= 0.3 is 0 Å². The summed E-state index contributed by atoms with van der Waals surface area (Å²) in [5.74, 6) is 1.02. The van der Waals surface area contributed by atoms with E-state index in [-0.39, 0.29) is 5.78 Å². The average molecular weight is 323 g/mol. The van der Waals surface area contributed by atoms with Gasteiger partial charge in [-0.25, -0.2) is 0 Å². The third kappa shape index (κ3) is 3.32. The van der Waals surface area contributed by atoms with Crippen LogP contribution in [0.3, 0.4) is 0 Å². The normalized spacial score (nSPS) is 11.0. The molecule has 0 saturated heterocycles. The molecular formula is C20H23N2O2+. The Balaban J connectivity index is 1.79. The number of furan rings is 1. The molecule has 4 nitrogen and oxygen atoms in total. The molecule has 3 heterocycles. The number of Topliss-reactive ketones (excluding diaryl/α,β-unsaturated/α-hetero) is 1. The lowest BCUT2D eigenvalue weighted by Gasteiger charge is -2.07. The highest BCUT2D eigenvalue weighted by molar-refractivity contribution is 5.96. The van der Waals surface area contributed by atoms with Gasteiger partial charge in [0.2, 0.25) is 12.3 Å². The highest BCUT2D eigenvalue weighted by Gasteiger charge is 2.19. The summed E-state index contributed by atoms with van der Waals surface area (Å²) < 4.78 is 9.48. The van der Waals surface area contributed by atoms with Crippen molar-refractivity contribution in [1.82, 2.24) is 4.57 Å². The first-order valence-electron chi connectivity index (χ1n) is 8.28. The molecule has 0 aromatic carbocycles. The van der Waals surface area contributed by atoms with E-state index in [1.807, 2.05) is 49.0 Å². The van der Waals surface area contributed by atoms with E-state index in [0.717, 1.165) is 29.1 Å². The third-order valence-electron chi connectivity index (χ3n) is 4.46. The van der Waals surface area contributed by atoms with Crippen molar-refractivity contribution < 1.29 is 13.8 Å². The smallest absolute Gasteiger partial charge is 0.229 e. The maximum Gasteiger partial charge on any atom is 0.229 e. The Hall–Kier alpha value is -2.62. The van der Waals surface area contributed by atoms with Gasteiger partial charge < -0.3 is 8.98 Å². The number of pyridine rings is 1. The fourth-order valence-corrected chi connectivity index (χ4v) is 2.97. The lowest BCUT2D eigenvalue weighted by molar-refractivity contribution is -0.683. The standard InChI is InChI=1S/C20H23N2O2/c1-4-17-7-9-21(10-8-17)14-20(23)19-12-15(2)22(16(19)3)13-18-6-5-11-24-18/h5-12H,4,13-14H2,1-3H3/q+1. The van der Waals surface area contributed by atoms with Crippen molar-refractivity contribution >= 4 is 5.78 Å². The van der Waals surface area contributed by atoms with Crippen LogP contribution in [0.5, 0.6) is 0 Å². The van der Waals surface area contributed by atoms with Crippen molar-refractivity contribution in [3.63, 3.8) is 0 Å². The van der Waals surface area contributed by atoms with Gasteiger partial charge in [-0.2, -0.15) is 4.57 Å². The number of hydrogen-bond donors (Lipinski definition) is 0. The van der Waals surface area contributed by atoms with Gasteiger partial charge in [0, 0.05) is 29.1 Å². The SMILES string of the molecule is CCc1cc[n+](CC(=O)c2cc(C)n(Cc3ccco3)c2C)cc1. The van der Waals surface area contributed by atoms with E-state index in [0.29, 0.717) is 13.1 Å². The molecule has 0 bridgehead atoms. The fraction of sp³-hybridized carbons (Fsp3) is 0.300. The van der Waals surface area contributed by atoms with Gasteiger partial charge in [-0.3, -0.25) is 4.79 Å². The number of hydrogen-bond acceptors (Lipinski definition) is 2. The Kier molecular flexibility index (Phi) is 4.65. The monoisotopic (exact) mass is 323 g/mol. The molecule has 24 heavy (non-hydrogen) atoms. The number of carbonyl (C=O) groups excluding carboxylic acids is 1. The van der Waals surface area contributed by atoms with Crippen LogP contribution in [-0.2, 0) is 19.5 Å². The first-order chi connectivity index (χ1) is 11.6. The minimum atomic E-state index is 0.128. The lowest BCUT2D eigenvalue weighted by atomic mass is 10.1. The Morgan fingerprint density at radius 1 is 1.21 bits per heavy atom. The van der Waals surface area contributed by atoms with Crippen molar-refractivity contribution in [3.8, 4) is 0 Å². The van der Waals surface area contributed by atoms with Crippen LogP contribution in [0.15, 0.2) is 53.4 Å². The van der Waals surface area contributed by atoms with E-state index in [9.17, 15) is 4.79 Å². The average Bonchev–Trinajstić information content (AvgIpc) is 3.19. The quantitative estimate of drug-likeness (QED) is 0.514. The molecule has 0 fully saturated rings. The van der Waals surface area contributed by atoms with E-state index in [1.165, 1.54) is 5.56 Å². The molecule has 0 amide bonds. The number of rotatable bonds is 6. The molecule has 0 aliphatic carbocycles.